The van der Waals surface area contributed by atoms with Crippen LogP contribution in [0, 0.1) is 5.92 Å². The summed E-state index contributed by atoms with van der Waals surface area (Å²) in [4.78, 5) is 25.2. The van der Waals surface area contributed by atoms with Gasteiger partial charge in [0.05, 0.1) is 31.5 Å². The van der Waals surface area contributed by atoms with Crippen molar-refractivity contribution in [1.29, 1.82) is 0 Å². The molecule has 1 aliphatic rings. The average Bonchev–Trinajstić information content (AvgIpc) is 2.83. The summed E-state index contributed by atoms with van der Waals surface area (Å²) < 4.78 is 30.6. The van der Waals surface area contributed by atoms with Gasteiger partial charge in [-0.25, -0.2) is 4.79 Å². The van der Waals surface area contributed by atoms with E-state index in [4.69, 9.17) is 23.4 Å². The van der Waals surface area contributed by atoms with Gasteiger partial charge >= 0.3 is 5.97 Å². The molecule has 1 heterocycles. The molecule has 1 fully saturated rings. The molecule has 5 unspecified atom stereocenters. The summed E-state index contributed by atoms with van der Waals surface area (Å²) in [6.07, 6.45) is 0.148. The maximum Gasteiger partial charge on any atom is 0.338 e. The Morgan fingerprint density at radius 2 is 1.76 bits per heavy atom. The van der Waals surface area contributed by atoms with Crippen LogP contribution in [0.1, 0.15) is 64.7 Å². The highest BCUT2D eigenvalue weighted by atomic mass is 28.4. The summed E-state index contributed by atoms with van der Waals surface area (Å²) in [5.41, 5.74) is 0.443. The molecule has 8 nitrogen and oxygen atoms in total. The van der Waals surface area contributed by atoms with Gasteiger partial charge in [0.1, 0.15) is 12.1 Å². The van der Waals surface area contributed by atoms with E-state index in [2.05, 4.69) is 46.1 Å². The Balaban J connectivity index is 2.25. The summed E-state index contributed by atoms with van der Waals surface area (Å²) in [6, 6.07) is 8.15. The van der Waals surface area contributed by atoms with Crippen molar-refractivity contribution in [1.82, 2.24) is 5.32 Å². The maximum atomic E-state index is 13.1. The number of esters is 1. The topological polar surface area (TPSA) is 92.3 Å². The smallest absolute Gasteiger partial charge is 0.338 e. The van der Waals surface area contributed by atoms with Crippen molar-refractivity contribution in [3.63, 3.8) is 0 Å². The molecule has 0 aliphatic carbocycles. The lowest BCUT2D eigenvalue weighted by molar-refractivity contribution is -0.255. The Bertz CT molecular complexity index is 843. The molecular weight excluding hydrogens is 490 g/mol. The molecule has 1 aromatic carbocycles. The van der Waals surface area contributed by atoms with Crippen LogP contribution in [0.5, 0.6) is 0 Å². The van der Waals surface area contributed by atoms with Crippen LogP contribution >= 0.6 is 0 Å². The summed E-state index contributed by atoms with van der Waals surface area (Å²) in [5.74, 6) is -0.972. The van der Waals surface area contributed by atoms with Crippen molar-refractivity contribution in [2.24, 2.45) is 5.92 Å². The number of unbranched alkanes of at least 4 members (excludes halogenated alkanes) is 1. The van der Waals surface area contributed by atoms with Crippen molar-refractivity contribution < 1.29 is 33.0 Å². The first kappa shape index (κ1) is 31.4. The SMILES string of the molecule is CCCCOCCOC1OC(CO[Si](C)(C)C(C)(C)C)C(C)C(OC(=O)c2ccccc2)C1NC(C)=O. The molecule has 1 aromatic rings. The predicted molar refractivity (Wildman–Crippen MR) is 146 cm³/mol. The zero-order valence-electron chi connectivity index (χ0n) is 23.9. The zero-order chi connectivity index (χ0) is 27.6. The van der Waals surface area contributed by atoms with Crippen molar-refractivity contribution in [2.75, 3.05) is 26.4 Å². The normalized spacial score (nSPS) is 24.5. The molecule has 1 N–H and O–H groups in total. The van der Waals surface area contributed by atoms with Gasteiger partial charge in [-0.15, -0.1) is 0 Å². The van der Waals surface area contributed by atoms with Gasteiger partial charge < -0.3 is 28.7 Å². The number of nitrogens with one attached hydrogen (secondary N) is 1. The summed E-state index contributed by atoms with van der Waals surface area (Å²) in [7, 11) is -2.05. The van der Waals surface area contributed by atoms with Crippen molar-refractivity contribution >= 4 is 20.2 Å². The second kappa shape index (κ2) is 14.4. The van der Waals surface area contributed by atoms with E-state index in [0.717, 1.165) is 12.8 Å². The number of hydrogen-bond donors (Lipinski definition) is 1. The van der Waals surface area contributed by atoms with Gasteiger partial charge in [-0.2, -0.15) is 0 Å². The summed E-state index contributed by atoms with van der Waals surface area (Å²) >= 11 is 0. The highest BCUT2D eigenvalue weighted by Crippen LogP contribution is 2.38. The molecule has 1 amide bonds. The third-order valence-corrected chi connectivity index (χ3v) is 11.8. The van der Waals surface area contributed by atoms with Crippen LogP contribution in [-0.2, 0) is 28.2 Å². The lowest BCUT2D eigenvalue weighted by Crippen LogP contribution is -2.63. The maximum absolute atomic E-state index is 13.1. The first-order valence-electron chi connectivity index (χ1n) is 13.4. The van der Waals surface area contributed by atoms with Gasteiger partial charge in [0.15, 0.2) is 14.6 Å². The highest BCUT2D eigenvalue weighted by Gasteiger charge is 2.48. The molecule has 1 aliphatic heterocycles. The predicted octanol–water partition coefficient (Wildman–Crippen LogP) is 4.93. The molecule has 2 rings (SSSR count). The minimum Gasteiger partial charge on any atom is -0.456 e. The molecule has 0 spiro atoms. The Morgan fingerprint density at radius 3 is 2.35 bits per heavy atom. The van der Waals surface area contributed by atoms with Crippen LogP contribution in [0.4, 0.5) is 0 Å². The van der Waals surface area contributed by atoms with Gasteiger partial charge in [-0.05, 0) is 36.7 Å². The Labute approximate surface area is 223 Å². The lowest BCUT2D eigenvalue weighted by atomic mass is 9.89. The molecule has 0 saturated carbocycles. The van der Waals surface area contributed by atoms with Crippen LogP contribution in [0.25, 0.3) is 0 Å². The number of carbonyl (C=O) groups excluding carboxylic acids is 2. The van der Waals surface area contributed by atoms with E-state index in [9.17, 15) is 9.59 Å². The minimum atomic E-state index is -2.05. The Hall–Kier alpha value is -1.78. The van der Waals surface area contributed by atoms with E-state index < -0.39 is 38.8 Å². The van der Waals surface area contributed by atoms with E-state index in [1.54, 1.807) is 24.3 Å². The van der Waals surface area contributed by atoms with Crippen LogP contribution in [-0.4, -0.2) is 71.2 Å². The van der Waals surface area contributed by atoms with Crippen LogP contribution in [0.3, 0.4) is 0 Å². The molecule has 5 atom stereocenters. The summed E-state index contributed by atoms with van der Waals surface area (Å²) in [5, 5.41) is 2.94. The van der Waals surface area contributed by atoms with E-state index in [-0.39, 0.29) is 23.5 Å². The third-order valence-electron chi connectivity index (χ3n) is 7.25. The number of ether oxygens (including phenoxy) is 4. The number of carbonyl (C=O) groups is 2. The average molecular weight is 538 g/mol. The standard InChI is InChI=1S/C28H47NO7Si/c1-9-10-16-32-17-18-33-27-24(29-21(3)30)25(36-26(31)22-14-12-11-13-15-22)20(2)23(35-27)19-34-37(7,8)28(4,5)6/h11-15,20,23-25,27H,9-10,16-19H2,1-8H3,(H,29,30). The number of amides is 1. The largest absolute Gasteiger partial charge is 0.456 e. The molecule has 210 valence electrons. The van der Waals surface area contributed by atoms with Gasteiger partial charge in [0.25, 0.3) is 0 Å². The van der Waals surface area contributed by atoms with Gasteiger partial charge in [-0.1, -0.05) is 59.2 Å². The fourth-order valence-corrected chi connectivity index (χ4v) is 4.83. The number of rotatable bonds is 13. The first-order valence-corrected chi connectivity index (χ1v) is 16.3. The molecule has 0 bridgehead atoms. The van der Waals surface area contributed by atoms with Crippen LogP contribution < -0.4 is 5.32 Å². The van der Waals surface area contributed by atoms with E-state index in [0.29, 0.717) is 25.4 Å². The quantitative estimate of drug-likeness (QED) is 0.217. The van der Waals surface area contributed by atoms with E-state index >= 15 is 0 Å². The van der Waals surface area contributed by atoms with Gasteiger partial charge in [0, 0.05) is 19.4 Å². The number of benzene rings is 1. The second-order valence-electron chi connectivity index (χ2n) is 11.3. The van der Waals surface area contributed by atoms with E-state index in [1.165, 1.54) is 6.92 Å². The molecule has 0 radical (unpaired) electrons. The lowest BCUT2D eigenvalue weighted by Gasteiger charge is -2.46. The Kier molecular flexibility index (Phi) is 12.2. The van der Waals surface area contributed by atoms with E-state index in [1.807, 2.05) is 13.0 Å². The minimum absolute atomic E-state index is 0.0362. The van der Waals surface area contributed by atoms with Crippen molar-refractivity contribution in [2.45, 2.75) is 97.1 Å². The molecule has 9 heteroatoms. The zero-order valence-corrected chi connectivity index (χ0v) is 24.9. The molecule has 37 heavy (non-hydrogen) atoms. The van der Waals surface area contributed by atoms with Crippen molar-refractivity contribution in [3.8, 4) is 0 Å². The second-order valence-corrected chi connectivity index (χ2v) is 16.1. The fourth-order valence-electron chi connectivity index (χ4n) is 3.82. The van der Waals surface area contributed by atoms with Crippen LogP contribution in [0.15, 0.2) is 30.3 Å². The van der Waals surface area contributed by atoms with Gasteiger partial charge in [0.2, 0.25) is 5.91 Å². The highest BCUT2D eigenvalue weighted by molar-refractivity contribution is 6.74. The van der Waals surface area contributed by atoms with Crippen LogP contribution in [0.2, 0.25) is 18.1 Å². The molecule has 0 aromatic heterocycles. The van der Waals surface area contributed by atoms with Gasteiger partial charge in [-0.3, -0.25) is 4.79 Å². The third kappa shape index (κ3) is 9.48. The molecular formula is C28H47NO7Si. The summed E-state index contributed by atoms with van der Waals surface area (Å²) in [6.45, 7) is 18.1. The Morgan fingerprint density at radius 1 is 1.08 bits per heavy atom. The fraction of sp³-hybridized carbons (Fsp3) is 0.714. The monoisotopic (exact) mass is 537 g/mol. The number of hydrogen-bond acceptors (Lipinski definition) is 7. The first-order chi connectivity index (χ1) is 17.4. The van der Waals surface area contributed by atoms with Crippen molar-refractivity contribution in [3.05, 3.63) is 35.9 Å². The molecule has 1 saturated heterocycles.